The molecule has 0 aliphatic carbocycles. The summed E-state index contributed by atoms with van der Waals surface area (Å²) in [5.74, 6) is 0.395. The maximum absolute atomic E-state index is 12.7. The molecule has 0 bridgehead atoms. The van der Waals surface area contributed by atoms with Crippen LogP contribution in [0, 0.1) is 0 Å². The molecule has 0 atom stereocenters. The molecule has 9 heteroatoms. The van der Waals surface area contributed by atoms with Crippen LogP contribution < -0.4 is 19.7 Å². The van der Waals surface area contributed by atoms with Gasteiger partial charge in [0.15, 0.2) is 19.0 Å². The quantitative estimate of drug-likeness (QED) is 0.431. The molecule has 1 aromatic heterocycles. The molecule has 0 radical (unpaired) electrons. The van der Waals surface area contributed by atoms with Crippen LogP contribution in [0.2, 0.25) is 5.02 Å². The van der Waals surface area contributed by atoms with Gasteiger partial charge in [-0.25, -0.2) is 0 Å². The number of anilines is 1. The monoisotopic (exact) mass is 493 g/mol. The van der Waals surface area contributed by atoms with Crippen molar-refractivity contribution in [2.45, 2.75) is 19.4 Å². The summed E-state index contributed by atoms with van der Waals surface area (Å²) >= 11 is 5.95. The van der Waals surface area contributed by atoms with Crippen LogP contribution in [0.4, 0.5) is 5.69 Å². The van der Waals surface area contributed by atoms with E-state index in [4.69, 9.17) is 21.1 Å². The van der Waals surface area contributed by atoms with Crippen LogP contribution in [0.1, 0.15) is 28.9 Å². The molecule has 0 saturated carbocycles. The van der Waals surface area contributed by atoms with E-state index >= 15 is 0 Å². The summed E-state index contributed by atoms with van der Waals surface area (Å²) in [4.78, 5) is 43.2. The zero-order valence-electron chi connectivity index (χ0n) is 18.9. The summed E-state index contributed by atoms with van der Waals surface area (Å²) < 4.78 is 11.1. The minimum Gasteiger partial charge on any atom is -0.485 e. The number of halogens is 1. The van der Waals surface area contributed by atoms with Crippen molar-refractivity contribution in [3.63, 3.8) is 0 Å². The van der Waals surface area contributed by atoms with E-state index in [-0.39, 0.29) is 37.2 Å². The zero-order valence-corrected chi connectivity index (χ0v) is 19.7. The lowest BCUT2D eigenvalue weighted by Crippen LogP contribution is -2.40. The second-order valence-electron chi connectivity index (χ2n) is 7.89. The van der Waals surface area contributed by atoms with Gasteiger partial charge in [-0.3, -0.25) is 19.4 Å². The van der Waals surface area contributed by atoms with Crippen LogP contribution >= 0.6 is 11.6 Å². The second kappa shape index (κ2) is 11.5. The Morgan fingerprint density at radius 2 is 2.00 bits per heavy atom. The number of hydrogen-bond acceptors (Lipinski definition) is 6. The Hall–Kier alpha value is -3.91. The van der Waals surface area contributed by atoms with Crippen molar-refractivity contribution in [2.75, 3.05) is 24.7 Å². The van der Waals surface area contributed by atoms with Gasteiger partial charge in [0.2, 0.25) is 5.91 Å². The minimum absolute atomic E-state index is 0.0932. The number of carbonyl (C=O) groups excluding carboxylic acids is 3. The van der Waals surface area contributed by atoms with Gasteiger partial charge in [0.1, 0.15) is 11.5 Å². The number of ether oxygens (including phenoxy) is 2. The maximum Gasteiger partial charge on any atom is 0.265 e. The van der Waals surface area contributed by atoms with E-state index in [1.807, 2.05) is 18.2 Å². The number of nitrogens with one attached hydrogen (secondary N) is 1. The molecule has 0 unspecified atom stereocenters. The molecular weight excluding hydrogens is 470 g/mol. The van der Waals surface area contributed by atoms with Crippen molar-refractivity contribution >= 4 is 34.9 Å². The lowest BCUT2D eigenvalue weighted by Gasteiger charge is -2.29. The summed E-state index contributed by atoms with van der Waals surface area (Å²) in [6.07, 6.45) is 2.37. The number of carbonyl (C=O) groups is 3. The van der Waals surface area contributed by atoms with E-state index in [1.54, 1.807) is 53.6 Å². The standard InChI is InChI=1S/C26H24ClN3O5/c27-19-5-3-7-21(14-19)34-16-23(31)18-9-10-24-22(13-18)30(26(33)17-35-24)12-4-8-25(32)29-15-20-6-1-2-11-28-20/h1-3,5-7,9-11,13-14H,4,8,12,15-17H2,(H,29,32). The summed E-state index contributed by atoms with van der Waals surface area (Å²) in [7, 11) is 0. The Kier molecular flexibility index (Phi) is 7.95. The van der Waals surface area contributed by atoms with Crippen LogP contribution in [0.15, 0.2) is 66.9 Å². The Labute approximate surface area is 207 Å². The van der Waals surface area contributed by atoms with Gasteiger partial charge in [-0.2, -0.15) is 0 Å². The highest BCUT2D eigenvalue weighted by Gasteiger charge is 2.26. The third-order valence-corrected chi connectivity index (χ3v) is 5.60. The third-order valence-electron chi connectivity index (χ3n) is 5.37. The predicted molar refractivity (Wildman–Crippen MR) is 131 cm³/mol. The van der Waals surface area contributed by atoms with E-state index in [1.165, 1.54) is 0 Å². The molecule has 8 nitrogen and oxygen atoms in total. The molecule has 2 amide bonds. The fourth-order valence-corrected chi connectivity index (χ4v) is 3.77. The third kappa shape index (κ3) is 6.58. The van der Waals surface area contributed by atoms with Crippen molar-refractivity contribution in [2.24, 2.45) is 0 Å². The van der Waals surface area contributed by atoms with E-state index in [0.717, 1.165) is 5.69 Å². The summed E-state index contributed by atoms with van der Waals surface area (Å²) in [6.45, 7) is 0.402. The first-order valence-electron chi connectivity index (χ1n) is 11.1. The van der Waals surface area contributed by atoms with E-state index in [0.29, 0.717) is 47.3 Å². The van der Waals surface area contributed by atoms with Crippen molar-refractivity contribution in [1.29, 1.82) is 0 Å². The van der Waals surface area contributed by atoms with Crippen molar-refractivity contribution in [3.05, 3.63) is 83.1 Å². The van der Waals surface area contributed by atoms with Crippen LogP contribution in [-0.4, -0.2) is 42.3 Å². The fourth-order valence-electron chi connectivity index (χ4n) is 3.59. The van der Waals surface area contributed by atoms with Crippen LogP contribution in [0.3, 0.4) is 0 Å². The Morgan fingerprint density at radius 3 is 2.80 bits per heavy atom. The first kappa shape index (κ1) is 24.2. The second-order valence-corrected chi connectivity index (χ2v) is 8.32. The van der Waals surface area contributed by atoms with Gasteiger partial charge in [0.05, 0.1) is 17.9 Å². The SMILES string of the molecule is O=C(CCCN1C(=O)COc2ccc(C(=O)COc3cccc(Cl)c3)cc21)NCc1ccccn1. The minimum atomic E-state index is -0.250. The first-order valence-corrected chi connectivity index (χ1v) is 11.5. The van der Waals surface area contributed by atoms with Crippen molar-refractivity contribution in [3.8, 4) is 11.5 Å². The number of ketones is 1. The van der Waals surface area contributed by atoms with E-state index < -0.39 is 0 Å². The fraction of sp³-hybridized carbons (Fsp3) is 0.231. The Bertz CT molecular complexity index is 1220. The number of pyridine rings is 1. The summed E-state index contributed by atoms with van der Waals surface area (Å²) in [5.41, 5.74) is 1.67. The first-order chi connectivity index (χ1) is 17.0. The number of aromatic nitrogens is 1. The van der Waals surface area contributed by atoms with Crippen LogP contribution in [0.25, 0.3) is 0 Å². The van der Waals surface area contributed by atoms with E-state index in [9.17, 15) is 14.4 Å². The molecule has 180 valence electrons. The normalized spacial score (nSPS) is 12.5. The Balaban J connectivity index is 1.34. The lowest BCUT2D eigenvalue weighted by molar-refractivity contribution is -0.123. The average molecular weight is 494 g/mol. The molecule has 0 spiro atoms. The number of hydrogen-bond donors (Lipinski definition) is 1. The molecule has 2 aromatic carbocycles. The lowest BCUT2D eigenvalue weighted by atomic mass is 10.1. The Morgan fingerprint density at radius 1 is 1.11 bits per heavy atom. The van der Waals surface area contributed by atoms with E-state index in [2.05, 4.69) is 10.3 Å². The number of rotatable bonds is 10. The predicted octanol–water partition coefficient (Wildman–Crippen LogP) is 3.82. The molecule has 1 aliphatic heterocycles. The van der Waals surface area contributed by atoms with Gasteiger partial charge in [-0.1, -0.05) is 23.7 Å². The average Bonchev–Trinajstić information content (AvgIpc) is 2.87. The van der Waals surface area contributed by atoms with Gasteiger partial charge in [-0.05, 0) is 55.0 Å². The van der Waals surface area contributed by atoms with Crippen molar-refractivity contribution < 1.29 is 23.9 Å². The van der Waals surface area contributed by atoms with Gasteiger partial charge in [0, 0.05) is 29.7 Å². The van der Waals surface area contributed by atoms with Crippen molar-refractivity contribution in [1.82, 2.24) is 10.3 Å². The highest BCUT2D eigenvalue weighted by atomic mass is 35.5. The summed E-state index contributed by atoms with van der Waals surface area (Å²) in [5, 5.41) is 3.34. The van der Waals surface area contributed by atoms with Gasteiger partial charge < -0.3 is 19.7 Å². The molecule has 0 saturated heterocycles. The number of fused-ring (bicyclic) bond motifs is 1. The molecule has 1 aliphatic rings. The smallest absolute Gasteiger partial charge is 0.265 e. The molecule has 2 heterocycles. The highest BCUT2D eigenvalue weighted by molar-refractivity contribution is 6.30. The number of nitrogens with zero attached hydrogens (tertiary/aromatic N) is 2. The number of benzene rings is 2. The molecule has 3 aromatic rings. The molecule has 35 heavy (non-hydrogen) atoms. The number of amides is 2. The molecular formula is C26H24ClN3O5. The molecule has 0 fully saturated rings. The molecule has 4 rings (SSSR count). The number of Topliss-reactive ketones (excluding diaryl/α,β-unsaturated/α-hetero) is 1. The topological polar surface area (TPSA) is 97.8 Å². The van der Waals surface area contributed by atoms with Gasteiger partial charge in [-0.15, -0.1) is 0 Å². The van der Waals surface area contributed by atoms with Crippen LogP contribution in [-0.2, 0) is 16.1 Å². The van der Waals surface area contributed by atoms with Gasteiger partial charge in [0.25, 0.3) is 5.91 Å². The highest BCUT2D eigenvalue weighted by Crippen LogP contribution is 2.33. The van der Waals surface area contributed by atoms with Crippen LogP contribution in [0.5, 0.6) is 11.5 Å². The van der Waals surface area contributed by atoms with Gasteiger partial charge >= 0.3 is 0 Å². The molecule has 1 N–H and O–H groups in total. The zero-order chi connectivity index (χ0) is 24.6. The maximum atomic E-state index is 12.7. The largest absolute Gasteiger partial charge is 0.485 e. The summed E-state index contributed by atoms with van der Waals surface area (Å²) in [6, 6.07) is 17.2.